The molecule has 2 heterocycles. The number of fused-ring (bicyclic) bond motifs is 1. The van der Waals surface area contributed by atoms with Crippen LogP contribution in [0, 0.1) is 11.3 Å². The van der Waals surface area contributed by atoms with E-state index in [-0.39, 0.29) is 0 Å². The van der Waals surface area contributed by atoms with Crippen molar-refractivity contribution >= 4 is 22.8 Å². The largest absolute Gasteiger partial charge is 0.497 e. The molecule has 0 aliphatic heterocycles. The monoisotopic (exact) mass is 282 g/mol. The number of benzene rings is 1. The van der Waals surface area contributed by atoms with Gasteiger partial charge in [0.05, 0.1) is 18.1 Å². The maximum absolute atomic E-state index is 8.84. The van der Waals surface area contributed by atoms with E-state index >= 15 is 0 Å². The van der Waals surface area contributed by atoms with Crippen LogP contribution >= 0.6 is 11.8 Å². The van der Waals surface area contributed by atoms with Crippen molar-refractivity contribution in [1.29, 1.82) is 5.26 Å². The molecule has 5 nitrogen and oxygen atoms in total. The fourth-order valence-corrected chi connectivity index (χ4v) is 2.62. The van der Waals surface area contributed by atoms with Gasteiger partial charge in [-0.2, -0.15) is 5.26 Å². The maximum Gasteiger partial charge on any atom is 0.171 e. The lowest BCUT2D eigenvalue weighted by atomic mass is 10.3. The van der Waals surface area contributed by atoms with E-state index in [1.807, 2.05) is 30.3 Å². The molecule has 98 valence electrons. The van der Waals surface area contributed by atoms with Crippen LogP contribution in [0.1, 0.15) is 5.69 Å². The number of ether oxygens (including phenoxy) is 1. The van der Waals surface area contributed by atoms with E-state index in [9.17, 15) is 0 Å². The first kappa shape index (κ1) is 12.5. The van der Waals surface area contributed by atoms with Crippen LogP contribution in [0.15, 0.2) is 46.6 Å². The highest BCUT2D eigenvalue weighted by atomic mass is 32.2. The second kappa shape index (κ2) is 5.23. The Morgan fingerprint density at radius 1 is 1.30 bits per heavy atom. The smallest absolute Gasteiger partial charge is 0.171 e. The molecule has 0 aliphatic rings. The average molecular weight is 282 g/mol. The van der Waals surface area contributed by atoms with Gasteiger partial charge in [-0.05, 0) is 24.3 Å². The molecule has 0 saturated carbocycles. The van der Waals surface area contributed by atoms with Crippen molar-refractivity contribution in [3.63, 3.8) is 0 Å². The summed E-state index contributed by atoms with van der Waals surface area (Å²) in [6.07, 6.45) is 1.62. The van der Waals surface area contributed by atoms with E-state index in [0.717, 1.165) is 26.8 Å². The summed E-state index contributed by atoms with van der Waals surface area (Å²) in [6.45, 7) is 0. The van der Waals surface area contributed by atoms with E-state index in [1.54, 1.807) is 19.4 Å². The van der Waals surface area contributed by atoms with Gasteiger partial charge in [0.1, 0.15) is 17.5 Å². The van der Waals surface area contributed by atoms with Gasteiger partial charge in [0.25, 0.3) is 0 Å². The molecule has 3 rings (SSSR count). The second-order valence-corrected chi connectivity index (χ2v) is 5.08. The number of nitriles is 1. The van der Waals surface area contributed by atoms with Crippen molar-refractivity contribution in [3.05, 3.63) is 42.2 Å². The first-order chi connectivity index (χ1) is 9.78. The molecule has 1 aromatic carbocycles. The number of aromatic amines is 1. The molecule has 0 atom stereocenters. The number of hydrogen-bond acceptors (Lipinski definition) is 5. The van der Waals surface area contributed by atoms with Gasteiger partial charge >= 0.3 is 0 Å². The van der Waals surface area contributed by atoms with Crippen LogP contribution in [0.2, 0.25) is 0 Å². The summed E-state index contributed by atoms with van der Waals surface area (Å²) in [6, 6.07) is 11.3. The highest BCUT2D eigenvalue weighted by molar-refractivity contribution is 7.99. The molecule has 0 aliphatic carbocycles. The Morgan fingerprint density at radius 2 is 2.20 bits per heavy atom. The standard InChI is InChI=1S/C14H10N4OS/c1-19-10-2-3-12-13(7-10)18-14(17-12)20-11-4-5-16-9(6-11)8-15/h2-7H,1H3,(H,17,18). The molecule has 0 spiro atoms. The molecule has 0 fully saturated rings. The van der Waals surface area contributed by atoms with Gasteiger partial charge in [-0.25, -0.2) is 9.97 Å². The average Bonchev–Trinajstić information content (AvgIpc) is 2.88. The number of H-pyrrole nitrogens is 1. The SMILES string of the molecule is COc1ccc2nc(Sc3ccnc(C#N)c3)[nH]c2c1. The topological polar surface area (TPSA) is 74.6 Å². The number of rotatable bonds is 3. The van der Waals surface area contributed by atoms with Gasteiger partial charge in [-0.15, -0.1) is 0 Å². The Labute approximate surface area is 119 Å². The molecule has 2 aromatic heterocycles. The molecule has 0 bridgehead atoms. The van der Waals surface area contributed by atoms with Crippen LogP contribution in [-0.2, 0) is 0 Å². The summed E-state index contributed by atoms with van der Waals surface area (Å²) >= 11 is 1.46. The minimum atomic E-state index is 0.396. The first-order valence-electron chi connectivity index (χ1n) is 5.86. The molecule has 0 amide bonds. The Hall–Kier alpha value is -2.52. The molecular weight excluding hydrogens is 272 g/mol. The lowest BCUT2D eigenvalue weighted by Crippen LogP contribution is -1.82. The predicted molar refractivity (Wildman–Crippen MR) is 75.7 cm³/mol. The van der Waals surface area contributed by atoms with Crippen molar-refractivity contribution in [2.75, 3.05) is 7.11 Å². The number of nitrogens with zero attached hydrogens (tertiary/aromatic N) is 3. The minimum Gasteiger partial charge on any atom is -0.497 e. The van der Waals surface area contributed by atoms with E-state index in [1.165, 1.54) is 11.8 Å². The van der Waals surface area contributed by atoms with Crippen molar-refractivity contribution in [2.45, 2.75) is 10.1 Å². The summed E-state index contributed by atoms with van der Waals surface area (Å²) in [5.41, 5.74) is 2.19. The maximum atomic E-state index is 8.84. The molecule has 0 radical (unpaired) electrons. The van der Waals surface area contributed by atoms with Gasteiger partial charge < -0.3 is 9.72 Å². The Kier molecular flexibility index (Phi) is 3.27. The number of hydrogen-bond donors (Lipinski definition) is 1. The number of nitrogens with one attached hydrogen (secondary N) is 1. The van der Waals surface area contributed by atoms with Gasteiger partial charge in [0, 0.05) is 17.2 Å². The third kappa shape index (κ3) is 2.44. The lowest BCUT2D eigenvalue weighted by molar-refractivity contribution is 0.415. The van der Waals surface area contributed by atoms with Crippen molar-refractivity contribution in [2.24, 2.45) is 0 Å². The zero-order valence-corrected chi connectivity index (χ0v) is 11.4. The summed E-state index contributed by atoms with van der Waals surface area (Å²) < 4.78 is 5.18. The van der Waals surface area contributed by atoms with Crippen LogP contribution in [0.3, 0.4) is 0 Å². The van der Waals surface area contributed by atoms with Gasteiger partial charge in [-0.1, -0.05) is 11.8 Å². The fraction of sp³-hybridized carbons (Fsp3) is 0.0714. The molecule has 3 aromatic rings. The quantitative estimate of drug-likeness (QED) is 0.799. The van der Waals surface area contributed by atoms with Crippen LogP contribution in [0.5, 0.6) is 5.75 Å². The number of methoxy groups -OCH3 is 1. The summed E-state index contributed by atoms with van der Waals surface area (Å²) in [5.74, 6) is 0.786. The highest BCUT2D eigenvalue weighted by Crippen LogP contribution is 2.28. The van der Waals surface area contributed by atoms with Crippen LogP contribution < -0.4 is 4.74 Å². The van der Waals surface area contributed by atoms with Crippen molar-refractivity contribution in [1.82, 2.24) is 15.0 Å². The fourth-order valence-electron chi connectivity index (χ4n) is 1.79. The van der Waals surface area contributed by atoms with Gasteiger partial charge in [0.15, 0.2) is 5.16 Å². The zero-order valence-electron chi connectivity index (χ0n) is 10.6. The molecule has 6 heteroatoms. The Morgan fingerprint density at radius 3 is 3.00 bits per heavy atom. The second-order valence-electron chi connectivity index (χ2n) is 4.02. The minimum absolute atomic E-state index is 0.396. The third-order valence-electron chi connectivity index (χ3n) is 2.73. The predicted octanol–water partition coefficient (Wildman–Crippen LogP) is 2.99. The lowest BCUT2D eigenvalue weighted by Gasteiger charge is -1.97. The molecule has 20 heavy (non-hydrogen) atoms. The van der Waals surface area contributed by atoms with E-state index in [2.05, 4.69) is 15.0 Å². The normalized spacial score (nSPS) is 10.4. The van der Waals surface area contributed by atoms with Gasteiger partial charge in [-0.3, -0.25) is 0 Å². The molecule has 0 saturated heterocycles. The van der Waals surface area contributed by atoms with Crippen LogP contribution in [-0.4, -0.2) is 22.1 Å². The zero-order chi connectivity index (χ0) is 13.9. The highest BCUT2D eigenvalue weighted by Gasteiger charge is 2.06. The summed E-state index contributed by atoms with van der Waals surface area (Å²) in [5, 5.41) is 9.61. The van der Waals surface area contributed by atoms with E-state index < -0.39 is 0 Å². The summed E-state index contributed by atoms with van der Waals surface area (Å²) in [7, 11) is 1.63. The molecule has 1 N–H and O–H groups in total. The Bertz CT molecular complexity index is 806. The van der Waals surface area contributed by atoms with E-state index in [4.69, 9.17) is 10.00 Å². The van der Waals surface area contributed by atoms with Crippen LogP contribution in [0.25, 0.3) is 11.0 Å². The Balaban J connectivity index is 1.92. The van der Waals surface area contributed by atoms with Crippen molar-refractivity contribution < 1.29 is 4.74 Å². The third-order valence-corrected chi connectivity index (χ3v) is 3.60. The molecule has 0 unspecified atom stereocenters. The van der Waals surface area contributed by atoms with E-state index in [0.29, 0.717) is 5.69 Å². The summed E-state index contributed by atoms with van der Waals surface area (Å²) in [4.78, 5) is 12.6. The van der Waals surface area contributed by atoms with Gasteiger partial charge in [0.2, 0.25) is 0 Å². The number of pyridine rings is 1. The first-order valence-corrected chi connectivity index (χ1v) is 6.68. The van der Waals surface area contributed by atoms with Crippen molar-refractivity contribution in [3.8, 4) is 11.8 Å². The van der Waals surface area contributed by atoms with Crippen LogP contribution in [0.4, 0.5) is 0 Å². The number of imidazole rings is 1. The molecular formula is C14H10N4OS. The number of aromatic nitrogens is 3.